The van der Waals surface area contributed by atoms with Gasteiger partial charge in [-0.05, 0) is 60.2 Å². The van der Waals surface area contributed by atoms with Gasteiger partial charge in [-0.3, -0.25) is 4.90 Å². The van der Waals surface area contributed by atoms with E-state index in [-0.39, 0.29) is 23.4 Å². The van der Waals surface area contributed by atoms with Gasteiger partial charge in [-0.2, -0.15) is 26.3 Å². The zero-order chi connectivity index (χ0) is 27.3. The maximum atomic E-state index is 13.0. The molecule has 2 aromatic carbocycles. The van der Waals surface area contributed by atoms with Crippen molar-refractivity contribution in [3.05, 3.63) is 83.7 Å². The Kier molecular flexibility index (Phi) is 8.20. The van der Waals surface area contributed by atoms with E-state index in [1.807, 2.05) is 24.5 Å². The number of hydrogen-bond acceptors (Lipinski definition) is 3. The maximum Gasteiger partial charge on any atom is 0.416 e. The Bertz CT molecular complexity index is 1170. The number of piperazine rings is 1. The van der Waals surface area contributed by atoms with Crippen molar-refractivity contribution in [2.75, 3.05) is 38.0 Å². The fourth-order valence-corrected chi connectivity index (χ4v) is 4.06. The Balaban J connectivity index is 1.27. The molecule has 1 saturated heterocycles. The monoisotopic (exact) mass is 540 g/mol. The molecule has 4 rings (SSSR count). The van der Waals surface area contributed by atoms with E-state index < -0.39 is 30.1 Å². The van der Waals surface area contributed by atoms with Crippen LogP contribution in [0.5, 0.6) is 5.75 Å². The lowest BCUT2D eigenvalue weighted by molar-refractivity contribution is -0.143. The average molecular weight is 541 g/mol. The van der Waals surface area contributed by atoms with Crippen molar-refractivity contribution >= 4 is 11.7 Å². The summed E-state index contributed by atoms with van der Waals surface area (Å²) >= 11 is 0. The van der Waals surface area contributed by atoms with Crippen molar-refractivity contribution in [2.45, 2.75) is 25.5 Å². The first-order valence-electron chi connectivity index (χ1n) is 11.9. The fourth-order valence-electron chi connectivity index (χ4n) is 4.06. The van der Waals surface area contributed by atoms with E-state index in [2.05, 4.69) is 14.8 Å². The lowest BCUT2D eigenvalue weighted by Gasteiger charge is -2.34. The summed E-state index contributed by atoms with van der Waals surface area (Å²) in [6.45, 7) is 3.95. The number of rotatable bonds is 7. The molecular weight excluding hydrogens is 514 g/mol. The predicted molar refractivity (Wildman–Crippen MR) is 129 cm³/mol. The van der Waals surface area contributed by atoms with Gasteiger partial charge in [0.2, 0.25) is 0 Å². The number of ether oxygens (including phenoxy) is 1. The van der Waals surface area contributed by atoms with Crippen LogP contribution < -0.4 is 10.1 Å². The van der Waals surface area contributed by atoms with Crippen LogP contribution in [-0.2, 0) is 25.5 Å². The number of aromatic nitrogens is 1. The molecule has 0 saturated carbocycles. The molecule has 12 heteroatoms. The molecule has 38 heavy (non-hydrogen) atoms. The minimum Gasteiger partial charge on any atom is -0.489 e. The normalized spacial score (nSPS) is 14.9. The molecule has 1 aliphatic rings. The average Bonchev–Trinajstić information content (AvgIpc) is 3.40. The van der Waals surface area contributed by atoms with Crippen LogP contribution in [0, 0.1) is 0 Å². The van der Waals surface area contributed by atoms with Crippen LogP contribution in [0.1, 0.15) is 16.7 Å². The number of amides is 2. The van der Waals surface area contributed by atoms with E-state index in [1.165, 1.54) is 12.1 Å². The van der Waals surface area contributed by atoms with Gasteiger partial charge < -0.3 is 19.5 Å². The number of alkyl halides is 6. The lowest BCUT2D eigenvalue weighted by atomic mass is 10.1. The number of urea groups is 1. The summed E-state index contributed by atoms with van der Waals surface area (Å²) < 4.78 is 85.7. The second-order valence-corrected chi connectivity index (χ2v) is 8.91. The molecule has 6 nitrogen and oxygen atoms in total. The minimum atomic E-state index is -4.93. The van der Waals surface area contributed by atoms with Gasteiger partial charge in [-0.25, -0.2) is 4.79 Å². The van der Waals surface area contributed by atoms with Gasteiger partial charge >= 0.3 is 18.4 Å². The molecule has 204 valence electrons. The topological polar surface area (TPSA) is 49.7 Å². The van der Waals surface area contributed by atoms with Crippen LogP contribution in [0.25, 0.3) is 0 Å². The van der Waals surface area contributed by atoms with Crippen molar-refractivity contribution in [1.82, 2.24) is 14.4 Å². The van der Waals surface area contributed by atoms with E-state index in [0.717, 1.165) is 26.2 Å². The number of nitrogens with zero attached hydrogens (tertiary/aromatic N) is 3. The van der Waals surface area contributed by atoms with Gasteiger partial charge in [-0.1, -0.05) is 0 Å². The molecule has 0 spiro atoms. The van der Waals surface area contributed by atoms with Gasteiger partial charge in [0, 0.05) is 57.3 Å². The van der Waals surface area contributed by atoms with E-state index in [1.54, 1.807) is 17.0 Å². The molecule has 0 aliphatic carbocycles. The third-order valence-electron chi connectivity index (χ3n) is 6.16. The van der Waals surface area contributed by atoms with E-state index in [0.29, 0.717) is 30.9 Å². The van der Waals surface area contributed by atoms with E-state index in [4.69, 9.17) is 4.74 Å². The summed E-state index contributed by atoms with van der Waals surface area (Å²) in [5, 5.41) is 2.79. The first kappa shape index (κ1) is 27.4. The largest absolute Gasteiger partial charge is 0.489 e. The van der Waals surface area contributed by atoms with Crippen LogP contribution in [0.2, 0.25) is 0 Å². The molecule has 0 atom stereocenters. The van der Waals surface area contributed by atoms with Crippen LogP contribution >= 0.6 is 0 Å². The first-order chi connectivity index (χ1) is 18.0. The summed E-state index contributed by atoms with van der Waals surface area (Å²) in [6.07, 6.45) is -5.83. The lowest BCUT2D eigenvalue weighted by Crippen LogP contribution is -2.50. The Morgan fingerprint density at radius 3 is 1.95 bits per heavy atom. The third-order valence-corrected chi connectivity index (χ3v) is 6.16. The summed E-state index contributed by atoms with van der Waals surface area (Å²) in [6, 6.07) is 11.1. The quantitative estimate of drug-likeness (QED) is 0.377. The van der Waals surface area contributed by atoms with Gasteiger partial charge in [0.05, 0.1) is 11.1 Å². The Hall–Kier alpha value is -3.67. The highest BCUT2D eigenvalue weighted by atomic mass is 19.4. The van der Waals surface area contributed by atoms with E-state index >= 15 is 0 Å². The smallest absolute Gasteiger partial charge is 0.416 e. The Labute approximate surface area is 215 Å². The molecule has 0 radical (unpaired) electrons. The second-order valence-electron chi connectivity index (χ2n) is 8.91. The maximum absolute atomic E-state index is 13.0. The van der Waals surface area contributed by atoms with Crippen LogP contribution in [0.4, 0.5) is 36.8 Å². The molecule has 3 aromatic rings. The zero-order valence-corrected chi connectivity index (χ0v) is 20.2. The third kappa shape index (κ3) is 7.44. The number of carbonyl (C=O) groups is 1. The fraction of sp³-hybridized carbons (Fsp3) is 0.346. The van der Waals surface area contributed by atoms with Crippen LogP contribution in [-0.4, -0.2) is 53.1 Å². The highest BCUT2D eigenvalue weighted by Crippen LogP contribution is 2.36. The standard InChI is InChI=1S/C26H26F6N4O2/c27-25(28,29)20-15-19(16-21(17-20)26(30,31)32)18-38-23-5-3-22(4-6-23)33-24(37)36-13-11-35(12-14-36)10-9-34-7-1-2-8-34/h1-8,15-17H,9-14,18H2,(H,33,37). The first-order valence-corrected chi connectivity index (χ1v) is 11.9. The molecule has 2 heterocycles. The van der Waals surface area contributed by atoms with Gasteiger partial charge in [0.1, 0.15) is 12.4 Å². The highest BCUT2D eigenvalue weighted by molar-refractivity contribution is 5.89. The highest BCUT2D eigenvalue weighted by Gasteiger charge is 2.37. The molecule has 1 aromatic heterocycles. The summed E-state index contributed by atoms with van der Waals surface area (Å²) in [4.78, 5) is 16.6. The van der Waals surface area contributed by atoms with Crippen molar-refractivity contribution in [1.29, 1.82) is 0 Å². The number of halogens is 6. The number of benzene rings is 2. The van der Waals surface area contributed by atoms with Crippen molar-refractivity contribution in [2.24, 2.45) is 0 Å². The van der Waals surface area contributed by atoms with Gasteiger partial charge in [-0.15, -0.1) is 0 Å². The van der Waals surface area contributed by atoms with Crippen LogP contribution in [0.3, 0.4) is 0 Å². The minimum absolute atomic E-state index is 0.0741. The Morgan fingerprint density at radius 1 is 0.816 bits per heavy atom. The molecule has 1 fully saturated rings. The molecule has 0 bridgehead atoms. The van der Waals surface area contributed by atoms with Crippen molar-refractivity contribution in [3.8, 4) is 5.75 Å². The number of hydrogen-bond donors (Lipinski definition) is 1. The Morgan fingerprint density at radius 2 is 1.39 bits per heavy atom. The van der Waals surface area contributed by atoms with Crippen molar-refractivity contribution < 1.29 is 35.9 Å². The predicted octanol–water partition coefficient (Wildman–Crippen LogP) is 5.95. The second kappa shape index (κ2) is 11.4. The SMILES string of the molecule is O=C(Nc1ccc(OCc2cc(C(F)(F)F)cc(C(F)(F)F)c2)cc1)N1CCN(CCn2cccc2)CC1. The number of anilines is 1. The summed E-state index contributed by atoms with van der Waals surface area (Å²) in [5.74, 6) is 0.227. The molecule has 0 unspecified atom stereocenters. The number of carbonyl (C=O) groups excluding carboxylic acids is 1. The summed E-state index contributed by atoms with van der Waals surface area (Å²) in [5.41, 5.74) is -2.58. The van der Waals surface area contributed by atoms with Gasteiger partial charge in [0.25, 0.3) is 0 Å². The zero-order valence-electron chi connectivity index (χ0n) is 20.2. The van der Waals surface area contributed by atoms with Gasteiger partial charge in [0.15, 0.2) is 0 Å². The molecule has 2 amide bonds. The summed E-state index contributed by atoms with van der Waals surface area (Å²) in [7, 11) is 0. The number of nitrogens with one attached hydrogen (secondary N) is 1. The van der Waals surface area contributed by atoms with Crippen LogP contribution in [0.15, 0.2) is 67.0 Å². The van der Waals surface area contributed by atoms with E-state index in [9.17, 15) is 31.1 Å². The molecular formula is C26H26F6N4O2. The molecule has 1 N–H and O–H groups in total. The molecule has 1 aliphatic heterocycles. The van der Waals surface area contributed by atoms with Crippen molar-refractivity contribution in [3.63, 3.8) is 0 Å².